The fraction of sp³-hybridized carbons (Fsp3) is 0.211. The molecule has 1 aliphatic heterocycles. The lowest BCUT2D eigenvalue weighted by Crippen LogP contribution is -2.62. The molecule has 0 saturated carbocycles. The average molecular weight is 370 g/mol. The quantitative estimate of drug-likeness (QED) is 0.713. The lowest BCUT2D eigenvalue weighted by molar-refractivity contribution is -0.153. The Labute approximate surface area is 155 Å². The van der Waals surface area contributed by atoms with Gasteiger partial charge in [0.25, 0.3) is 0 Å². The lowest BCUT2D eigenvalue weighted by Gasteiger charge is -2.44. The molecule has 0 aliphatic carbocycles. The van der Waals surface area contributed by atoms with Crippen molar-refractivity contribution in [1.82, 2.24) is 5.32 Å². The van der Waals surface area contributed by atoms with Crippen molar-refractivity contribution in [3.8, 4) is 6.07 Å². The van der Waals surface area contributed by atoms with E-state index in [2.05, 4.69) is 11.4 Å². The van der Waals surface area contributed by atoms with E-state index in [-0.39, 0.29) is 0 Å². The summed E-state index contributed by atoms with van der Waals surface area (Å²) in [4.78, 5) is 24.6. The first kappa shape index (κ1) is 17.9. The van der Waals surface area contributed by atoms with E-state index in [0.29, 0.717) is 16.1 Å². The van der Waals surface area contributed by atoms with E-state index in [1.165, 1.54) is 0 Å². The second kappa shape index (κ2) is 6.79. The largest absolute Gasteiger partial charge is 0.369 e. The normalized spacial score (nSPS) is 28.0. The predicted octanol–water partition coefficient (Wildman–Crippen LogP) is 1.64. The van der Waals surface area contributed by atoms with Gasteiger partial charge in [-0.2, -0.15) is 5.26 Å². The van der Waals surface area contributed by atoms with Crippen LogP contribution in [-0.2, 0) is 15.3 Å². The highest BCUT2D eigenvalue weighted by Crippen LogP contribution is 2.45. The van der Waals surface area contributed by atoms with Crippen LogP contribution in [0.2, 0.25) is 5.02 Å². The van der Waals surface area contributed by atoms with Crippen LogP contribution >= 0.6 is 11.6 Å². The van der Waals surface area contributed by atoms with Gasteiger partial charge in [-0.25, -0.2) is 0 Å². The molecule has 2 amide bonds. The zero-order chi connectivity index (χ0) is 18.9. The number of carbonyl (C=O) groups is 2. The Hall–Kier alpha value is -2.88. The maximum Gasteiger partial charge on any atom is 0.235 e. The summed E-state index contributed by atoms with van der Waals surface area (Å²) < 4.78 is 0. The van der Waals surface area contributed by atoms with Crippen molar-refractivity contribution < 1.29 is 14.7 Å². The fourth-order valence-electron chi connectivity index (χ4n) is 3.45. The van der Waals surface area contributed by atoms with Crippen molar-refractivity contribution >= 4 is 23.4 Å². The molecule has 132 valence electrons. The van der Waals surface area contributed by atoms with Crippen LogP contribution in [0.3, 0.4) is 0 Å². The Kier molecular flexibility index (Phi) is 4.68. The highest BCUT2D eigenvalue weighted by Gasteiger charge is 2.55. The van der Waals surface area contributed by atoms with Gasteiger partial charge in [0.1, 0.15) is 11.8 Å². The number of rotatable bonds is 3. The molecule has 0 radical (unpaired) electrons. The van der Waals surface area contributed by atoms with Crippen LogP contribution in [0.1, 0.15) is 17.0 Å². The van der Waals surface area contributed by atoms with Crippen molar-refractivity contribution in [2.45, 2.75) is 11.6 Å². The van der Waals surface area contributed by atoms with E-state index in [0.717, 1.165) is 0 Å². The number of aliphatic hydroxyl groups is 1. The number of hydrogen-bond donors (Lipinski definition) is 3. The van der Waals surface area contributed by atoms with Gasteiger partial charge in [0, 0.05) is 16.5 Å². The minimum atomic E-state index is -1.96. The van der Waals surface area contributed by atoms with Gasteiger partial charge in [-0.1, -0.05) is 54.1 Å². The molecule has 7 heteroatoms. The highest BCUT2D eigenvalue weighted by molar-refractivity contribution is 6.30. The van der Waals surface area contributed by atoms with Crippen molar-refractivity contribution in [2.24, 2.45) is 17.6 Å². The Morgan fingerprint density at radius 3 is 2.35 bits per heavy atom. The van der Waals surface area contributed by atoms with Gasteiger partial charge in [0.15, 0.2) is 5.72 Å². The molecule has 1 aliphatic rings. The lowest BCUT2D eigenvalue weighted by atomic mass is 9.67. The van der Waals surface area contributed by atoms with Crippen molar-refractivity contribution in [2.75, 3.05) is 0 Å². The number of nitriles is 1. The molecule has 3 rings (SSSR count). The third-order valence-electron chi connectivity index (χ3n) is 4.68. The van der Waals surface area contributed by atoms with E-state index in [1.807, 2.05) is 0 Å². The number of nitrogens with two attached hydrogens (primary N) is 1. The van der Waals surface area contributed by atoms with Crippen LogP contribution < -0.4 is 11.1 Å². The number of hydrogen-bond acceptors (Lipinski definition) is 4. The molecule has 1 saturated heterocycles. The van der Waals surface area contributed by atoms with Crippen molar-refractivity contribution in [3.05, 3.63) is 70.7 Å². The van der Waals surface area contributed by atoms with Gasteiger partial charge < -0.3 is 16.2 Å². The second-order valence-corrected chi connectivity index (χ2v) is 6.62. The molecule has 1 fully saturated rings. The first-order chi connectivity index (χ1) is 12.4. The number of benzene rings is 2. The summed E-state index contributed by atoms with van der Waals surface area (Å²) in [6.45, 7) is 0. The van der Waals surface area contributed by atoms with Gasteiger partial charge in [0.05, 0.1) is 6.07 Å². The van der Waals surface area contributed by atoms with Gasteiger partial charge in [-0.05, 0) is 17.7 Å². The Bertz CT molecular complexity index is 879. The molecular weight excluding hydrogens is 354 g/mol. The molecule has 4 N–H and O–H groups in total. The van der Waals surface area contributed by atoms with Crippen LogP contribution in [0.15, 0.2) is 54.6 Å². The van der Waals surface area contributed by atoms with Gasteiger partial charge in [-0.3, -0.25) is 9.59 Å². The number of carbonyl (C=O) groups excluding carboxylic acids is 2. The van der Waals surface area contributed by atoms with Crippen molar-refractivity contribution in [3.63, 3.8) is 0 Å². The monoisotopic (exact) mass is 369 g/mol. The summed E-state index contributed by atoms with van der Waals surface area (Å²) in [5, 5.41) is 23.9. The molecule has 0 bridgehead atoms. The number of nitrogens with one attached hydrogen (secondary N) is 1. The molecule has 2 aromatic rings. The third-order valence-corrected chi connectivity index (χ3v) is 4.93. The van der Waals surface area contributed by atoms with E-state index >= 15 is 0 Å². The number of amides is 2. The van der Waals surface area contributed by atoms with Crippen LogP contribution in [0, 0.1) is 23.2 Å². The van der Waals surface area contributed by atoms with Crippen LogP contribution in [-0.4, -0.2) is 16.9 Å². The zero-order valence-corrected chi connectivity index (χ0v) is 14.4. The molecule has 0 spiro atoms. The number of piperidine rings is 1. The molecule has 2 aromatic carbocycles. The van der Waals surface area contributed by atoms with Crippen molar-refractivity contribution in [1.29, 1.82) is 5.26 Å². The first-order valence-corrected chi connectivity index (χ1v) is 8.30. The zero-order valence-electron chi connectivity index (χ0n) is 13.6. The molecule has 6 nitrogen and oxygen atoms in total. The first-order valence-electron chi connectivity index (χ1n) is 7.93. The molecular formula is C19H16ClN3O3. The average Bonchev–Trinajstić information content (AvgIpc) is 2.62. The maximum atomic E-state index is 12.6. The Morgan fingerprint density at radius 1 is 1.19 bits per heavy atom. The van der Waals surface area contributed by atoms with Gasteiger partial charge >= 0.3 is 0 Å². The Morgan fingerprint density at radius 2 is 1.81 bits per heavy atom. The topological polar surface area (TPSA) is 116 Å². The minimum Gasteiger partial charge on any atom is -0.369 e. The second-order valence-electron chi connectivity index (χ2n) is 6.19. The maximum absolute atomic E-state index is 12.6. The standard InChI is InChI=1S/C19H16ClN3O3/c20-13-8-6-11(7-9-13)15-14(10-21)19(26,12-4-2-1-3-5-12)23-18(25)16(15)17(22)24/h1-9,14-16,26H,(H2,22,24)(H,23,25)/t14-,15+,16-,19+/m1/s1. The van der Waals surface area contributed by atoms with Crippen LogP contribution in [0.5, 0.6) is 0 Å². The molecule has 1 heterocycles. The number of halogens is 1. The van der Waals surface area contributed by atoms with E-state index in [9.17, 15) is 20.0 Å². The summed E-state index contributed by atoms with van der Waals surface area (Å²) in [7, 11) is 0. The van der Waals surface area contributed by atoms with Crippen LogP contribution in [0.25, 0.3) is 0 Å². The summed E-state index contributed by atoms with van der Waals surface area (Å²) >= 11 is 5.92. The van der Waals surface area contributed by atoms with Gasteiger partial charge in [-0.15, -0.1) is 0 Å². The number of nitrogens with zero attached hydrogens (tertiary/aromatic N) is 1. The summed E-state index contributed by atoms with van der Waals surface area (Å²) in [5.41, 5.74) is 4.36. The summed E-state index contributed by atoms with van der Waals surface area (Å²) in [6, 6.07) is 16.8. The summed E-state index contributed by atoms with van der Waals surface area (Å²) in [6.07, 6.45) is 0. The van der Waals surface area contributed by atoms with E-state index in [4.69, 9.17) is 17.3 Å². The van der Waals surface area contributed by atoms with E-state index in [1.54, 1.807) is 54.6 Å². The fourth-order valence-corrected chi connectivity index (χ4v) is 3.58. The Balaban J connectivity index is 2.18. The van der Waals surface area contributed by atoms with Gasteiger partial charge in [0.2, 0.25) is 11.8 Å². The number of primary amides is 1. The summed E-state index contributed by atoms with van der Waals surface area (Å²) in [5.74, 6) is -4.94. The molecule has 4 atom stereocenters. The highest BCUT2D eigenvalue weighted by atomic mass is 35.5. The minimum absolute atomic E-state index is 0.349. The smallest absolute Gasteiger partial charge is 0.235 e. The molecule has 26 heavy (non-hydrogen) atoms. The molecule has 0 unspecified atom stereocenters. The SMILES string of the molecule is N#C[C@@H]1[C@H](c2ccc(Cl)cc2)[C@H](C(N)=O)C(=O)N[C@]1(O)c1ccccc1. The predicted molar refractivity (Wildman–Crippen MR) is 94.5 cm³/mol. The third kappa shape index (κ3) is 2.92. The van der Waals surface area contributed by atoms with E-state index < -0.39 is 35.3 Å². The molecule has 0 aromatic heterocycles. The van der Waals surface area contributed by atoms with Crippen LogP contribution in [0.4, 0.5) is 0 Å².